The fraction of sp³-hybridized carbons (Fsp3) is 0.900. The van der Waals surface area contributed by atoms with Crippen LogP contribution in [0.5, 0.6) is 0 Å². The topological polar surface area (TPSA) is 66.9 Å². The lowest BCUT2D eigenvalue weighted by molar-refractivity contribution is -0.150. The molecule has 0 saturated carbocycles. The van der Waals surface area contributed by atoms with Gasteiger partial charge < -0.3 is 19.3 Å². The summed E-state index contributed by atoms with van der Waals surface area (Å²) in [6.07, 6.45) is 19.8. The Bertz CT molecular complexity index is 544. The molecule has 0 aliphatic heterocycles. The van der Waals surface area contributed by atoms with Crippen molar-refractivity contribution < 1.29 is 19.1 Å². The molecule has 0 bridgehead atoms. The molecule has 0 saturated heterocycles. The van der Waals surface area contributed by atoms with Crippen LogP contribution in [0.4, 0.5) is 4.79 Å². The number of nitrogens with zero attached hydrogens (tertiary/aromatic N) is 2. The molecule has 218 valence electrons. The van der Waals surface area contributed by atoms with E-state index in [9.17, 15) is 14.4 Å². The van der Waals surface area contributed by atoms with Crippen molar-refractivity contribution >= 4 is 29.3 Å². The van der Waals surface area contributed by atoms with Gasteiger partial charge >= 0.3 is 5.97 Å². The number of rotatable bonds is 26. The summed E-state index contributed by atoms with van der Waals surface area (Å²) in [6, 6.07) is 0. The van der Waals surface area contributed by atoms with Gasteiger partial charge in [0.05, 0.1) is 0 Å². The predicted octanol–water partition coefficient (Wildman–Crippen LogP) is 7.88. The van der Waals surface area contributed by atoms with Crippen LogP contribution >= 0.6 is 11.8 Å². The predicted molar refractivity (Wildman–Crippen MR) is 158 cm³/mol. The Morgan fingerprint density at radius 3 is 1.84 bits per heavy atom. The summed E-state index contributed by atoms with van der Waals surface area (Å²) in [5, 5.41) is 0.0325. The Labute approximate surface area is 233 Å². The van der Waals surface area contributed by atoms with E-state index in [-0.39, 0.29) is 17.3 Å². The van der Waals surface area contributed by atoms with Gasteiger partial charge in [0.15, 0.2) is 0 Å². The molecule has 0 unspecified atom stereocenters. The second-order valence-electron chi connectivity index (χ2n) is 10.5. The molecule has 0 N–H and O–H groups in total. The van der Waals surface area contributed by atoms with Crippen LogP contribution in [0.25, 0.3) is 0 Å². The van der Waals surface area contributed by atoms with Gasteiger partial charge in [-0.05, 0) is 52.6 Å². The number of thioether (sulfide) groups is 1. The number of hydrogen-bond acceptors (Lipinski definition) is 6. The smallest absolute Gasteiger partial charge is 0.306 e. The number of hydrogen-bond donors (Lipinski definition) is 0. The lowest BCUT2D eigenvalue weighted by Crippen LogP contribution is -2.31. The normalized spacial score (nSPS) is 11.3. The summed E-state index contributed by atoms with van der Waals surface area (Å²) in [5.74, 6) is 0.596. The van der Waals surface area contributed by atoms with Crippen molar-refractivity contribution in [3.05, 3.63) is 0 Å². The quantitative estimate of drug-likeness (QED) is 0.0629. The largest absolute Gasteiger partial charge is 0.462 e. The first-order valence-corrected chi connectivity index (χ1v) is 16.1. The van der Waals surface area contributed by atoms with E-state index < -0.39 is 0 Å². The van der Waals surface area contributed by atoms with Crippen molar-refractivity contribution in [1.82, 2.24) is 9.80 Å². The minimum Gasteiger partial charge on any atom is -0.462 e. The van der Waals surface area contributed by atoms with E-state index in [1.165, 1.54) is 76.0 Å². The second-order valence-corrected chi connectivity index (χ2v) is 11.6. The van der Waals surface area contributed by atoms with Gasteiger partial charge in [-0.25, -0.2) is 0 Å². The third kappa shape index (κ3) is 23.7. The van der Waals surface area contributed by atoms with Crippen molar-refractivity contribution in [2.75, 3.05) is 39.5 Å². The standard InChI is InChI=1S/C30H58N2O4S/c1-5-7-9-11-13-15-20-28(21-16-14-12-10-8-6-2)36-29(34)22-19-24-32(23-17-18-26-33)30(35)37-27-25-31(3)4/h26,28H,5-25,27H2,1-4H3. The monoisotopic (exact) mass is 542 g/mol. The molecule has 6 nitrogen and oxygen atoms in total. The van der Waals surface area contributed by atoms with E-state index in [0.717, 1.165) is 44.3 Å². The SMILES string of the molecule is CCCCCCCCC(CCCCCCCC)OC(=O)CCCN(CCCC=O)C(=O)SCCN(C)C. The Kier molecular flexibility index (Phi) is 25.7. The molecular formula is C30H58N2O4S. The summed E-state index contributed by atoms with van der Waals surface area (Å²) < 4.78 is 5.94. The molecule has 0 aliphatic carbocycles. The third-order valence-electron chi connectivity index (χ3n) is 6.64. The zero-order valence-corrected chi connectivity index (χ0v) is 25.5. The van der Waals surface area contributed by atoms with Gasteiger partial charge in [0.25, 0.3) is 5.24 Å². The van der Waals surface area contributed by atoms with Gasteiger partial charge in [-0.3, -0.25) is 9.59 Å². The van der Waals surface area contributed by atoms with Gasteiger partial charge in [0.1, 0.15) is 12.4 Å². The van der Waals surface area contributed by atoms with Crippen molar-refractivity contribution in [3.8, 4) is 0 Å². The summed E-state index contributed by atoms with van der Waals surface area (Å²) in [7, 11) is 3.98. The van der Waals surface area contributed by atoms with Crippen LogP contribution in [0.1, 0.15) is 129 Å². The first kappa shape index (κ1) is 35.9. The lowest BCUT2D eigenvalue weighted by atomic mass is 10.0. The summed E-state index contributed by atoms with van der Waals surface area (Å²) in [5.41, 5.74) is 0. The van der Waals surface area contributed by atoms with Crippen LogP contribution in [0.2, 0.25) is 0 Å². The highest BCUT2D eigenvalue weighted by molar-refractivity contribution is 8.13. The van der Waals surface area contributed by atoms with E-state index in [2.05, 4.69) is 18.7 Å². The van der Waals surface area contributed by atoms with Crippen molar-refractivity contribution in [3.63, 3.8) is 0 Å². The zero-order chi connectivity index (χ0) is 27.6. The highest BCUT2D eigenvalue weighted by Crippen LogP contribution is 2.18. The van der Waals surface area contributed by atoms with Crippen molar-refractivity contribution in [2.24, 2.45) is 0 Å². The highest BCUT2D eigenvalue weighted by atomic mass is 32.2. The minimum atomic E-state index is -0.137. The highest BCUT2D eigenvalue weighted by Gasteiger charge is 2.17. The van der Waals surface area contributed by atoms with E-state index in [0.29, 0.717) is 38.8 Å². The van der Waals surface area contributed by atoms with Crippen LogP contribution in [0.3, 0.4) is 0 Å². The number of carbonyl (C=O) groups is 3. The molecular weight excluding hydrogens is 484 g/mol. The van der Waals surface area contributed by atoms with Crippen molar-refractivity contribution in [1.29, 1.82) is 0 Å². The Balaban J connectivity index is 4.57. The van der Waals surface area contributed by atoms with Crippen LogP contribution in [0.15, 0.2) is 0 Å². The first-order chi connectivity index (χ1) is 17.9. The Morgan fingerprint density at radius 1 is 0.757 bits per heavy atom. The molecule has 1 amide bonds. The number of aldehydes is 1. The maximum absolute atomic E-state index is 12.7. The molecule has 0 rings (SSSR count). The van der Waals surface area contributed by atoms with Gasteiger partial charge in [0, 0.05) is 38.2 Å². The summed E-state index contributed by atoms with van der Waals surface area (Å²) in [4.78, 5) is 39.9. The van der Waals surface area contributed by atoms with E-state index >= 15 is 0 Å². The van der Waals surface area contributed by atoms with Crippen molar-refractivity contribution in [2.45, 2.75) is 136 Å². The molecule has 0 fully saturated rings. The molecule has 0 aliphatic rings. The molecule has 0 aromatic rings. The number of esters is 1. The molecule has 0 heterocycles. The Morgan fingerprint density at radius 2 is 1.30 bits per heavy atom. The maximum atomic E-state index is 12.7. The molecule has 0 aromatic heterocycles. The molecule has 0 radical (unpaired) electrons. The van der Waals surface area contributed by atoms with Crippen LogP contribution in [-0.4, -0.2) is 72.9 Å². The zero-order valence-electron chi connectivity index (χ0n) is 24.6. The van der Waals surface area contributed by atoms with E-state index in [4.69, 9.17) is 4.74 Å². The Hall–Kier alpha value is -1.08. The van der Waals surface area contributed by atoms with Crippen LogP contribution < -0.4 is 0 Å². The number of amides is 1. The fourth-order valence-electron chi connectivity index (χ4n) is 4.29. The van der Waals surface area contributed by atoms with Gasteiger partial charge in [-0.2, -0.15) is 0 Å². The molecule has 0 spiro atoms. The average Bonchev–Trinajstić information content (AvgIpc) is 2.86. The van der Waals surface area contributed by atoms with Gasteiger partial charge in [0.2, 0.25) is 0 Å². The maximum Gasteiger partial charge on any atom is 0.306 e. The summed E-state index contributed by atoms with van der Waals surface area (Å²) >= 11 is 1.31. The third-order valence-corrected chi connectivity index (χ3v) is 7.53. The second kappa shape index (κ2) is 26.5. The number of unbranched alkanes of at least 4 members (excludes halogenated alkanes) is 11. The fourth-order valence-corrected chi connectivity index (χ4v) is 5.29. The molecule has 0 aromatic carbocycles. The number of ether oxygens (including phenoxy) is 1. The first-order valence-electron chi connectivity index (χ1n) is 15.1. The van der Waals surface area contributed by atoms with Crippen LogP contribution in [0, 0.1) is 0 Å². The van der Waals surface area contributed by atoms with Gasteiger partial charge in [-0.15, -0.1) is 0 Å². The molecule has 37 heavy (non-hydrogen) atoms. The molecule has 0 atom stereocenters. The minimum absolute atomic E-state index is 0.0248. The van der Waals surface area contributed by atoms with Crippen LogP contribution in [-0.2, 0) is 14.3 Å². The summed E-state index contributed by atoms with van der Waals surface area (Å²) in [6.45, 7) is 6.39. The van der Waals surface area contributed by atoms with Gasteiger partial charge in [-0.1, -0.05) is 89.8 Å². The van der Waals surface area contributed by atoms with E-state index in [1.54, 1.807) is 4.90 Å². The molecule has 7 heteroatoms. The lowest BCUT2D eigenvalue weighted by Gasteiger charge is -2.23. The van der Waals surface area contributed by atoms with E-state index in [1.807, 2.05) is 14.1 Å². The number of carbonyl (C=O) groups excluding carboxylic acids is 3. The average molecular weight is 543 g/mol.